The van der Waals surface area contributed by atoms with E-state index in [-0.39, 0.29) is 17.6 Å². The Bertz CT molecular complexity index is 239. The number of hydrogen-bond acceptors (Lipinski definition) is 2. The van der Waals surface area contributed by atoms with Gasteiger partial charge in [-0.05, 0) is 19.3 Å². The number of Topliss-reactive ketones (excluding diaryl/α,β-unsaturated/α-hetero) is 1. The summed E-state index contributed by atoms with van der Waals surface area (Å²) in [6.45, 7) is 3.59. The number of ketones is 1. The molecule has 0 amide bonds. The fraction of sp³-hybridized carbons (Fsp3) is 0.600. The van der Waals surface area contributed by atoms with Gasteiger partial charge in [-0.3, -0.25) is 9.59 Å². The molecule has 1 N–H and O–H groups in total. The summed E-state index contributed by atoms with van der Waals surface area (Å²) in [6, 6.07) is 0. The summed E-state index contributed by atoms with van der Waals surface area (Å²) in [5.41, 5.74) is -0.375. The van der Waals surface area contributed by atoms with Crippen LogP contribution in [0.15, 0.2) is 12.7 Å². The number of allylic oxidation sites excluding steroid dienone is 1. The zero-order chi connectivity index (χ0) is 9.90. The van der Waals surface area contributed by atoms with Crippen LogP contribution < -0.4 is 0 Å². The van der Waals surface area contributed by atoms with Crippen molar-refractivity contribution in [2.24, 2.45) is 5.41 Å². The Kier molecular flexibility index (Phi) is 2.86. The average molecular weight is 182 g/mol. The summed E-state index contributed by atoms with van der Waals surface area (Å²) in [5.74, 6) is -1.16. The van der Waals surface area contributed by atoms with Crippen LogP contribution in [0.25, 0.3) is 0 Å². The minimum atomic E-state index is -1.03. The molecule has 0 aliphatic heterocycles. The summed E-state index contributed by atoms with van der Waals surface area (Å²) in [4.78, 5) is 21.9. The lowest BCUT2D eigenvalue weighted by atomic mass is 9.63. The van der Waals surface area contributed by atoms with Gasteiger partial charge in [-0.25, -0.2) is 0 Å². The van der Waals surface area contributed by atoms with Gasteiger partial charge in [0, 0.05) is 5.41 Å². The van der Waals surface area contributed by atoms with E-state index in [4.69, 9.17) is 5.11 Å². The molecule has 0 radical (unpaired) electrons. The molecule has 0 unspecified atom stereocenters. The highest BCUT2D eigenvalue weighted by atomic mass is 16.4. The molecule has 0 aromatic carbocycles. The first-order valence-corrected chi connectivity index (χ1v) is 4.47. The minimum Gasteiger partial charge on any atom is -0.481 e. The molecule has 1 aliphatic rings. The van der Waals surface area contributed by atoms with Crippen molar-refractivity contribution in [2.45, 2.75) is 32.1 Å². The lowest BCUT2D eigenvalue weighted by Gasteiger charge is -2.39. The Balaban J connectivity index is 2.60. The Morgan fingerprint density at radius 1 is 1.46 bits per heavy atom. The number of aliphatic carboxylic acids is 1. The van der Waals surface area contributed by atoms with E-state index in [1.807, 2.05) is 0 Å². The van der Waals surface area contributed by atoms with Crippen LogP contribution in [-0.2, 0) is 9.59 Å². The second-order valence-electron chi connectivity index (χ2n) is 3.62. The van der Waals surface area contributed by atoms with Gasteiger partial charge >= 0.3 is 5.97 Å². The minimum absolute atomic E-state index is 0.133. The quantitative estimate of drug-likeness (QED) is 0.520. The molecule has 1 aliphatic carbocycles. The lowest BCUT2D eigenvalue weighted by molar-refractivity contribution is -0.145. The van der Waals surface area contributed by atoms with Crippen LogP contribution in [0.3, 0.4) is 0 Å². The number of carboxylic acids is 1. The van der Waals surface area contributed by atoms with Crippen LogP contribution in [0.4, 0.5) is 0 Å². The van der Waals surface area contributed by atoms with Gasteiger partial charge in [0.25, 0.3) is 0 Å². The normalized spacial score (nSPS) is 18.8. The van der Waals surface area contributed by atoms with Crippen LogP contribution in [0.2, 0.25) is 0 Å². The van der Waals surface area contributed by atoms with Crippen molar-refractivity contribution in [3.63, 3.8) is 0 Å². The number of carboxylic acid groups (broad SMARTS) is 1. The average Bonchev–Trinajstić information content (AvgIpc) is 1.94. The SMILES string of the molecule is C=CCC1(C(=O)CC(=O)O)CCC1. The van der Waals surface area contributed by atoms with Gasteiger partial charge in [0.15, 0.2) is 0 Å². The standard InChI is InChI=1S/C10H14O3/c1-2-4-10(5-3-6-10)8(11)7-9(12)13/h2H,1,3-7H2,(H,12,13). The number of carbonyl (C=O) groups is 2. The van der Waals surface area contributed by atoms with E-state index in [9.17, 15) is 9.59 Å². The topological polar surface area (TPSA) is 54.4 Å². The molecule has 3 heteroatoms. The number of hydrogen-bond donors (Lipinski definition) is 1. The third kappa shape index (κ3) is 1.97. The summed E-state index contributed by atoms with van der Waals surface area (Å²) in [6.07, 6.45) is 4.67. The molecule has 0 saturated heterocycles. The van der Waals surface area contributed by atoms with E-state index < -0.39 is 5.97 Å². The first-order chi connectivity index (χ1) is 6.10. The van der Waals surface area contributed by atoms with Crippen molar-refractivity contribution in [1.29, 1.82) is 0 Å². The van der Waals surface area contributed by atoms with E-state index >= 15 is 0 Å². The lowest BCUT2D eigenvalue weighted by Crippen LogP contribution is -2.38. The molecular weight excluding hydrogens is 168 g/mol. The van der Waals surface area contributed by atoms with Crippen LogP contribution in [0.5, 0.6) is 0 Å². The molecule has 72 valence electrons. The maximum absolute atomic E-state index is 11.5. The van der Waals surface area contributed by atoms with Crippen molar-refractivity contribution in [1.82, 2.24) is 0 Å². The molecule has 13 heavy (non-hydrogen) atoms. The molecule has 1 fully saturated rings. The Labute approximate surface area is 77.4 Å². The monoisotopic (exact) mass is 182 g/mol. The highest BCUT2D eigenvalue weighted by molar-refractivity contribution is 5.98. The predicted molar refractivity (Wildman–Crippen MR) is 48.4 cm³/mol. The third-order valence-electron chi connectivity index (χ3n) is 2.75. The summed E-state index contributed by atoms with van der Waals surface area (Å²) < 4.78 is 0. The largest absolute Gasteiger partial charge is 0.481 e. The second kappa shape index (κ2) is 3.73. The molecule has 0 bridgehead atoms. The molecule has 0 aromatic heterocycles. The Morgan fingerprint density at radius 3 is 2.38 bits per heavy atom. The zero-order valence-corrected chi connectivity index (χ0v) is 7.58. The molecule has 0 heterocycles. The zero-order valence-electron chi connectivity index (χ0n) is 7.58. The molecule has 1 saturated carbocycles. The van der Waals surface area contributed by atoms with Crippen molar-refractivity contribution >= 4 is 11.8 Å². The van der Waals surface area contributed by atoms with Gasteiger partial charge in [0.05, 0.1) is 0 Å². The van der Waals surface area contributed by atoms with Gasteiger partial charge in [0.1, 0.15) is 12.2 Å². The van der Waals surface area contributed by atoms with Gasteiger partial charge in [-0.2, -0.15) is 0 Å². The third-order valence-corrected chi connectivity index (χ3v) is 2.75. The maximum Gasteiger partial charge on any atom is 0.310 e. The Morgan fingerprint density at radius 2 is 2.08 bits per heavy atom. The molecular formula is C10H14O3. The molecule has 0 spiro atoms. The Hall–Kier alpha value is -1.12. The van der Waals surface area contributed by atoms with Crippen LogP contribution in [0.1, 0.15) is 32.1 Å². The van der Waals surface area contributed by atoms with Gasteiger partial charge in [-0.15, -0.1) is 6.58 Å². The maximum atomic E-state index is 11.5. The van der Waals surface area contributed by atoms with Gasteiger partial charge in [-0.1, -0.05) is 12.5 Å². The van der Waals surface area contributed by atoms with E-state index in [2.05, 4.69) is 6.58 Å². The molecule has 0 atom stereocenters. The molecule has 3 nitrogen and oxygen atoms in total. The summed E-state index contributed by atoms with van der Waals surface area (Å²) in [5, 5.41) is 8.49. The van der Waals surface area contributed by atoms with E-state index in [0.717, 1.165) is 19.3 Å². The van der Waals surface area contributed by atoms with E-state index in [1.165, 1.54) is 0 Å². The van der Waals surface area contributed by atoms with E-state index in [1.54, 1.807) is 6.08 Å². The molecule has 1 rings (SSSR count). The highest BCUT2D eigenvalue weighted by Gasteiger charge is 2.42. The highest BCUT2D eigenvalue weighted by Crippen LogP contribution is 2.45. The number of rotatable bonds is 5. The first-order valence-electron chi connectivity index (χ1n) is 4.47. The fourth-order valence-corrected chi connectivity index (χ4v) is 1.80. The van der Waals surface area contributed by atoms with Crippen molar-refractivity contribution in [3.05, 3.63) is 12.7 Å². The van der Waals surface area contributed by atoms with Crippen molar-refractivity contribution in [2.75, 3.05) is 0 Å². The smallest absolute Gasteiger partial charge is 0.310 e. The fourth-order valence-electron chi connectivity index (χ4n) is 1.80. The summed E-state index contributed by atoms with van der Waals surface area (Å²) >= 11 is 0. The predicted octanol–water partition coefficient (Wildman–Crippen LogP) is 1.78. The van der Waals surface area contributed by atoms with Crippen molar-refractivity contribution in [3.8, 4) is 0 Å². The summed E-state index contributed by atoms with van der Waals surface area (Å²) in [7, 11) is 0. The molecule has 0 aromatic rings. The van der Waals surface area contributed by atoms with Gasteiger partial charge < -0.3 is 5.11 Å². The first kappa shape index (κ1) is 9.96. The number of carbonyl (C=O) groups excluding carboxylic acids is 1. The van der Waals surface area contributed by atoms with Gasteiger partial charge in [0.2, 0.25) is 0 Å². The van der Waals surface area contributed by atoms with Crippen LogP contribution in [-0.4, -0.2) is 16.9 Å². The van der Waals surface area contributed by atoms with Crippen LogP contribution >= 0.6 is 0 Å². The second-order valence-corrected chi connectivity index (χ2v) is 3.62. The van der Waals surface area contributed by atoms with E-state index in [0.29, 0.717) is 6.42 Å². The van der Waals surface area contributed by atoms with Crippen molar-refractivity contribution < 1.29 is 14.7 Å². The van der Waals surface area contributed by atoms with Crippen LogP contribution in [0, 0.1) is 5.41 Å².